The number of benzene rings is 1. The molecule has 0 saturated carbocycles. The van der Waals surface area contributed by atoms with E-state index in [1.807, 2.05) is 30.3 Å². The lowest BCUT2D eigenvalue weighted by atomic mass is 10.1. The molecule has 0 aliphatic carbocycles. The molecule has 2 aliphatic heterocycles. The van der Waals surface area contributed by atoms with Gasteiger partial charge in [0, 0.05) is 12.1 Å². The summed E-state index contributed by atoms with van der Waals surface area (Å²) in [5, 5.41) is 2.89. The summed E-state index contributed by atoms with van der Waals surface area (Å²) in [5.74, 6) is -0.0421. The summed E-state index contributed by atoms with van der Waals surface area (Å²) in [6, 6.07) is 9.16. The molecule has 2 fully saturated rings. The summed E-state index contributed by atoms with van der Waals surface area (Å²) in [6.45, 7) is 1.85. The predicted octanol–water partition coefficient (Wildman–Crippen LogP) is 1.08. The molecule has 23 heavy (non-hydrogen) atoms. The Hall–Kier alpha value is -1.66. The first-order valence-electron chi connectivity index (χ1n) is 8.02. The van der Waals surface area contributed by atoms with E-state index in [0.29, 0.717) is 0 Å². The van der Waals surface area contributed by atoms with Crippen LogP contribution in [0.25, 0.3) is 6.08 Å². The van der Waals surface area contributed by atoms with Crippen molar-refractivity contribution in [1.29, 1.82) is 0 Å². The molecule has 2 atom stereocenters. The monoisotopic (exact) mass is 334 g/mol. The van der Waals surface area contributed by atoms with E-state index in [1.165, 1.54) is 6.08 Å². The molecule has 0 spiro atoms. The maximum Gasteiger partial charge on any atom is 0.244 e. The highest BCUT2D eigenvalue weighted by Crippen LogP contribution is 2.22. The zero-order chi connectivity index (χ0) is 16.3. The van der Waals surface area contributed by atoms with Crippen molar-refractivity contribution in [2.24, 2.45) is 0 Å². The second-order valence-electron chi connectivity index (χ2n) is 6.25. The van der Waals surface area contributed by atoms with Crippen LogP contribution >= 0.6 is 0 Å². The highest BCUT2D eigenvalue weighted by atomic mass is 32.2. The lowest BCUT2D eigenvalue weighted by Crippen LogP contribution is -2.49. The average molecular weight is 334 g/mol. The minimum Gasteiger partial charge on any atom is -0.347 e. The lowest BCUT2D eigenvalue weighted by molar-refractivity contribution is -0.117. The molecule has 0 radical (unpaired) electrons. The molecule has 1 aromatic rings. The summed E-state index contributed by atoms with van der Waals surface area (Å²) in [7, 11) is -3.08. The molecule has 0 bridgehead atoms. The van der Waals surface area contributed by atoms with E-state index < -0.39 is 9.84 Å². The van der Waals surface area contributed by atoms with Crippen LogP contribution in [0, 0.1) is 0 Å². The number of rotatable bonds is 4. The molecule has 1 aromatic carbocycles. The molecule has 0 aromatic heterocycles. The second-order valence-corrected chi connectivity index (χ2v) is 8.40. The van der Waals surface area contributed by atoms with Crippen molar-refractivity contribution in [3.63, 3.8) is 0 Å². The van der Waals surface area contributed by atoms with Gasteiger partial charge in [-0.1, -0.05) is 30.3 Å². The van der Waals surface area contributed by atoms with Crippen LogP contribution in [0.2, 0.25) is 0 Å². The summed E-state index contributed by atoms with van der Waals surface area (Å²) >= 11 is 0. The number of nitrogens with zero attached hydrogens (tertiary/aromatic N) is 1. The van der Waals surface area contributed by atoms with E-state index in [0.717, 1.165) is 31.5 Å². The van der Waals surface area contributed by atoms with E-state index in [1.54, 1.807) is 6.08 Å². The Kier molecular flexibility index (Phi) is 4.82. The molecule has 2 aliphatic rings. The van der Waals surface area contributed by atoms with Crippen LogP contribution in [0.15, 0.2) is 36.4 Å². The maximum absolute atomic E-state index is 12.1. The van der Waals surface area contributed by atoms with Crippen LogP contribution in [0.1, 0.15) is 18.4 Å². The van der Waals surface area contributed by atoms with Crippen LogP contribution < -0.4 is 5.32 Å². The van der Waals surface area contributed by atoms with Gasteiger partial charge in [0.25, 0.3) is 0 Å². The number of sulfone groups is 1. The molecule has 1 N–H and O–H groups in total. The highest BCUT2D eigenvalue weighted by molar-refractivity contribution is 7.91. The van der Waals surface area contributed by atoms with Gasteiger partial charge in [-0.25, -0.2) is 8.42 Å². The first kappa shape index (κ1) is 16.2. The zero-order valence-corrected chi connectivity index (χ0v) is 13.8. The van der Waals surface area contributed by atoms with Gasteiger partial charge in [0.05, 0.1) is 17.5 Å². The Morgan fingerprint density at radius 3 is 2.52 bits per heavy atom. The number of likely N-dealkylation sites (tertiary alicyclic amines) is 1. The standard InChI is InChI=1S/C17H22N2O3S/c20-17(9-8-14-6-2-1-3-7-14)18-15-12-23(21,22)13-16(15)19-10-4-5-11-19/h1-3,6-9,15-16H,4-5,10-13H2,(H,18,20)/b9-8+/t15-,16+/m1/s1. The summed E-state index contributed by atoms with van der Waals surface area (Å²) in [6.07, 6.45) is 5.42. The molecule has 6 heteroatoms. The van der Waals surface area contributed by atoms with Gasteiger partial charge in [0.2, 0.25) is 5.91 Å². The maximum atomic E-state index is 12.1. The Bertz CT molecular complexity index is 679. The first-order chi connectivity index (χ1) is 11.0. The van der Waals surface area contributed by atoms with Gasteiger partial charge in [-0.3, -0.25) is 9.69 Å². The van der Waals surface area contributed by atoms with Crippen LogP contribution in [0.3, 0.4) is 0 Å². The first-order valence-corrected chi connectivity index (χ1v) is 9.84. The van der Waals surface area contributed by atoms with E-state index in [9.17, 15) is 13.2 Å². The van der Waals surface area contributed by atoms with Gasteiger partial charge in [-0.05, 0) is 37.6 Å². The SMILES string of the molecule is O=C(/C=C/c1ccccc1)N[C@@H]1CS(=O)(=O)C[C@@H]1N1CCCC1. The van der Waals surface area contributed by atoms with E-state index in [4.69, 9.17) is 0 Å². The van der Waals surface area contributed by atoms with Gasteiger partial charge in [-0.15, -0.1) is 0 Å². The second kappa shape index (κ2) is 6.84. The van der Waals surface area contributed by atoms with E-state index >= 15 is 0 Å². The molecule has 124 valence electrons. The van der Waals surface area contributed by atoms with Crippen molar-refractivity contribution in [3.8, 4) is 0 Å². The number of carbonyl (C=O) groups excluding carboxylic acids is 1. The third-order valence-electron chi connectivity index (χ3n) is 4.49. The summed E-state index contributed by atoms with van der Waals surface area (Å²) in [4.78, 5) is 14.3. The fourth-order valence-corrected chi connectivity index (χ4v) is 5.32. The number of carbonyl (C=O) groups is 1. The summed E-state index contributed by atoms with van der Waals surface area (Å²) in [5.41, 5.74) is 0.942. The van der Waals surface area contributed by atoms with E-state index in [-0.39, 0.29) is 29.5 Å². The van der Waals surface area contributed by atoms with Crippen LogP contribution in [0.5, 0.6) is 0 Å². The number of hydrogen-bond donors (Lipinski definition) is 1. The minimum atomic E-state index is -3.08. The van der Waals surface area contributed by atoms with Crippen LogP contribution in [-0.4, -0.2) is 55.9 Å². The predicted molar refractivity (Wildman–Crippen MR) is 90.7 cm³/mol. The fraction of sp³-hybridized carbons (Fsp3) is 0.471. The third kappa shape index (κ3) is 4.20. The van der Waals surface area contributed by atoms with Crippen molar-refractivity contribution in [2.75, 3.05) is 24.6 Å². The lowest BCUT2D eigenvalue weighted by Gasteiger charge is -2.28. The molecule has 2 heterocycles. The molecule has 5 nitrogen and oxygen atoms in total. The molecule has 0 unspecified atom stereocenters. The minimum absolute atomic E-state index is 0.0408. The molecule has 3 rings (SSSR count). The van der Waals surface area contributed by atoms with Gasteiger partial charge in [-0.2, -0.15) is 0 Å². The fourth-order valence-electron chi connectivity index (χ4n) is 3.37. The molecule has 2 saturated heterocycles. The summed E-state index contributed by atoms with van der Waals surface area (Å²) < 4.78 is 23.9. The normalized spacial score (nSPS) is 27.5. The van der Waals surface area contributed by atoms with E-state index in [2.05, 4.69) is 10.2 Å². The van der Waals surface area contributed by atoms with Crippen LogP contribution in [0.4, 0.5) is 0 Å². The Morgan fingerprint density at radius 1 is 1.13 bits per heavy atom. The number of nitrogens with one attached hydrogen (secondary N) is 1. The molecular formula is C17H22N2O3S. The molecular weight excluding hydrogens is 312 g/mol. The largest absolute Gasteiger partial charge is 0.347 e. The quantitative estimate of drug-likeness (QED) is 0.837. The van der Waals surface area contributed by atoms with Crippen molar-refractivity contribution >= 4 is 21.8 Å². The van der Waals surface area contributed by atoms with Gasteiger partial charge < -0.3 is 5.32 Å². The van der Waals surface area contributed by atoms with Crippen molar-refractivity contribution in [1.82, 2.24) is 10.2 Å². The topological polar surface area (TPSA) is 66.5 Å². The van der Waals surface area contributed by atoms with Crippen LogP contribution in [-0.2, 0) is 14.6 Å². The van der Waals surface area contributed by atoms with Crippen molar-refractivity contribution in [3.05, 3.63) is 42.0 Å². The average Bonchev–Trinajstić information content (AvgIpc) is 3.14. The smallest absolute Gasteiger partial charge is 0.244 e. The Balaban J connectivity index is 1.65. The number of hydrogen-bond acceptors (Lipinski definition) is 4. The van der Waals surface area contributed by atoms with Gasteiger partial charge in [0.1, 0.15) is 0 Å². The Labute approximate surface area is 137 Å². The van der Waals surface area contributed by atoms with Crippen molar-refractivity contribution < 1.29 is 13.2 Å². The zero-order valence-electron chi connectivity index (χ0n) is 13.0. The van der Waals surface area contributed by atoms with Gasteiger partial charge in [0.15, 0.2) is 9.84 Å². The third-order valence-corrected chi connectivity index (χ3v) is 6.20. The van der Waals surface area contributed by atoms with Gasteiger partial charge >= 0.3 is 0 Å². The van der Waals surface area contributed by atoms with Crippen molar-refractivity contribution in [2.45, 2.75) is 24.9 Å². The Morgan fingerprint density at radius 2 is 1.83 bits per heavy atom. The highest BCUT2D eigenvalue weighted by Gasteiger charge is 2.42. The molecule has 1 amide bonds. The number of amides is 1.